The Hall–Kier alpha value is -2.62. The highest BCUT2D eigenvalue weighted by atomic mass is 19.1. The van der Waals surface area contributed by atoms with Crippen molar-refractivity contribution < 1.29 is 9.18 Å². The molecule has 1 aromatic heterocycles. The van der Waals surface area contributed by atoms with Gasteiger partial charge < -0.3 is 10.3 Å². The zero-order valence-corrected chi connectivity index (χ0v) is 11.6. The summed E-state index contributed by atoms with van der Waals surface area (Å²) in [4.78, 5) is 15.2. The van der Waals surface area contributed by atoms with Crippen molar-refractivity contribution in [2.45, 2.75) is 13.3 Å². The Balaban J connectivity index is 1.73. The molecule has 4 heteroatoms. The largest absolute Gasteiger partial charge is 0.359 e. The molecule has 0 aliphatic rings. The van der Waals surface area contributed by atoms with Gasteiger partial charge in [-0.3, -0.25) is 4.79 Å². The molecule has 0 saturated carbocycles. The van der Waals surface area contributed by atoms with Gasteiger partial charge in [-0.15, -0.1) is 0 Å². The van der Waals surface area contributed by atoms with Crippen molar-refractivity contribution in [1.29, 1.82) is 0 Å². The molecule has 1 amide bonds. The Kier molecular flexibility index (Phi) is 3.44. The number of H-pyrrole nitrogens is 1. The molecule has 0 radical (unpaired) electrons. The molecule has 1 heterocycles. The fraction of sp³-hybridized carbons (Fsp3) is 0.118. The number of aromatic amines is 1. The third kappa shape index (κ3) is 3.11. The highest BCUT2D eigenvalue weighted by Crippen LogP contribution is 2.20. The summed E-state index contributed by atoms with van der Waals surface area (Å²) in [5.41, 5.74) is 3.51. The van der Waals surface area contributed by atoms with Crippen LogP contribution < -0.4 is 5.32 Å². The third-order valence-corrected chi connectivity index (χ3v) is 3.29. The first kappa shape index (κ1) is 13.4. The van der Waals surface area contributed by atoms with Crippen molar-refractivity contribution in [3.8, 4) is 0 Å². The molecule has 0 aliphatic carbocycles. The van der Waals surface area contributed by atoms with E-state index in [1.807, 2.05) is 31.2 Å². The number of anilines is 1. The fourth-order valence-electron chi connectivity index (χ4n) is 2.39. The van der Waals surface area contributed by atoms with Crippen LogP contribution in [0.25, 0.3) is 10.9 Å². The van der Waals surface area contributed by atoms with Gasteiger partial charge in [-0.05, 0) is 48.9 Å². The Morgan fingerprint density at radius 3 is 2.86 bits per heavy atom. The minimum absolute atomic E-state index is 0.155. The molecule has 3 rings (SSSR count). The lowest BCUT2D eigenvalue weighted by molar-refractivity contribution is -0.115. The van der Waals surface area contributed by atoms with Gasteiger partial charge in [0.15, 0.2) is 0 Å². The summed E-state index contributed by atoms with van der Waals surface area (Å²) in [5, 5.41) is 3.89. The number of amides is 1. The maximum atomic E-state index is 13.1. The van der Waals surface area contributed by atoms with E-state index >= 15 is 0 Å². The van der Waals surface area contributed by atoms with Crippen LogP contribution in [-0.2, 0) is 11.2 Å². The zero-order valence-electron chi connectivity index (χ0n) is 11.6. The van der Waals surface area contributed by atoms with Crippen molar-refractivity contribution in [3.63, 3.8) is 0 Å². The van der Waals surface area contributed by atoms with Crippen molar-refractivity contribution in [3.05, 3.63) is 65.6 Å². The van der Waals surface area contributed by atoms with Gasteiger partial charge in [0.25, 0.3) is 0 Å². The number of aryl methyl sites for hydroxylation is 1. The number of carbonyl (C=O) groups excluding carboxylic acids is 1. The molecule has 21 heavy (non-hydrogen) atoms. The lowest BCUT2D eigenvalue weighted by atomic mass is 10.1. The molecule has 0 saturated heterocycles. The second-order valence-electron chi connectivity index (χ2n) is 5.11. The van der Waals surface area contributed by atoms with Crippen molar-refractivity contribution >= 4 is 22.5 Å². The van der Waals surface area contributed by atoms with E-state index in [9.17, 15) is 9.18 Å². The van der Waals surface area contributed by atoms with E-state index in [2.05, 4.69) is 10.3 Å². The first-order chi connectivity index (χ1) is 10.1. The topological polar surface area (TPSA) is 44.9 Å². The van der Waals surface area contributed by atoms with Crippen LogP contribution in [0.5, 0.6) is 0 Å². The van der Waals surface area contributed by atoms with E-state index < -0.39 is 0 Å². The molecule has 3 nitrogen and oxygen atoms in total. The quantitative estimate of drug-likeness (QED) is 0.754. The minimum atomic E-state index is -0.329. The second kappa shape index (κ2) is 5.40. The van der Waals surface area contributed by atoms with Crippen molar-refractivity contribution in [1.82, 2.24) is 4.98 Å². The molecule has 0 bridgehead atoms. The molecule has 0 fully saturated rings. The van der Waals surface area contributed by atoms with Crippen LogP contribution in [0, 0.1) is 12.7 Å². The van der Waals surface area contributed by atoms with Gasteiger partial charge >= 0.3 is 0 Å². The molecule has 0 atom stereocenters. The predicted octanol–water partition coefficient (Wildman–Crippen LogP) is 3.80. The maximum absolute atomic E-state index is 13.1. The molecule has 0 unspecified atom stereocenters. The van der Waals surface area contributed by atoms with E-state index in [0.29, 0.717) is 5.56 Å². The molecule has 2 N–H and O–H groups in total. The third-order valence-electron chi connectivity index (χ3n) is 3.29. The number of fused-ring (bicyclic) bond motifs is 1. The number of nitrogens with one attached hydrogen (secondary N) is 2. The van der Waals surface area contributed by atoms with E-state index in [1.165, 1.54) is 12.1 Å². The van der Waals surface area contributed by atoms with E-state index in [1.54, 1.807) is 12.1 Å². The van der Waals surface area contributed by atoms with Crippen LogP contribution in [0.1, 0.15) is 11.3 Å². The van der Waals surface area contributed by atoms with E-state index in [0.717, 1.165) is 22.3 Å². The number of rotatable bonds is 3. The number of halogens is 1. The van der Waals surface area contributed by atoms with Gasteiger partial charge in [0.1, 0.15) is 5.82 Å². The Morgan fingerprint density at radius 2 is 2.05 bits per heavy atom. The van der Waals surface area contributed by atoms with Crippen LogP contribution in [0.2, 0.25) is 0 Å². The molecular weight excluding hydrogens is 267 g/mol. The molecule has 0 spiro atoms. The lowest BCUT2D eigenvalue weighted by Crippen LogP contribution is -2.14. The average Bonchev–Trinajstić information content (AvgIpc) is 2.78. The van der Waals surface area contributed by atoms with Gasteiger partial charge in [0.2, 0.25) is 5.91 Å². The van der Waals surface area contributed by atoms with Crippen LogP contribution in [0.15, 0.2) is 48.5 Å². The Morgan fingerprint density at radius 1 is 1.19 bits per heavy atom. The first-order valence-electron chi connectivity index (χ1n) is 6.74. The SMILES string of the molecule is Cc1cc2cc(NC(=O)Cc3cccc(F)c3)ccc2[nH]1. The summed E-state index contributed by atoms with van der Waals surface area (Å²) in [6, 6.07) is 13.8. The van der Waals surface area contributed by atoms with Crippen molar-refractivity contribution in [2.24, 2.45) is 0 Å². The van der Waals surface area contributed by atoms with Gasteiger partial charge in [-0.2, -0.15) is 0 Å². The number of aromatic nitrogens is 1. The minimum Gasteiger partial charge on any atom is -0.359 e. The molecule has 0 aliphatic heterocycles. The number of hydrogen-bond donors (Lipinski definition) is 2. The predicted molar refractivity (Wildman–Crippen MR) is 81.8 cm³/mol. The van der Waals surface area contributed by atoms with Crippen LogP contribution >= 0.6 is 0 Å². The molecular formula is C17H15FN2O. The van der Waals surface area contributed by atoms with Gasteiger partial charge in [0.05, 0.1) is 6.42 Å². The number of hydrogen-bond acceptors (Lipinski definition) is 1. The summed E-state index contributed by atoms with van der Waals surface area (Å²) in [6.45, 7) is 1.99. The number of carbonyl (C=O) groups is 1. The summed E-state index contributed by atoms with van der Waals surface area (Å²) in [5.74, 6) is -0.489. The number of benzene rings is 2. The Bertz CT molecular complexity index is 807. The van der Waals surface area contributed by atoms with E-state index in [-0.39, 0.29) is 18.1 Å². The summed E-state index contributed by atoms with van der Waals surface area (Å²) < 4.78 is 13.1. The average molecular weight is 282 g/mol. The van der Waals surface area contributed by atoms with Crippen LogP contribution in [0.3, 0.4) is 0 Å². The second-order valence-corrected chi connectivity index (χ2v) is 5.11. The Labute approximate surface area is 121 Å². The van der Waals surface area contributed by atoms with Crippen LogP contribution in [-0.4, -0.2) is 10.9 Å². The summed E-state index contributed by atoms with van der Waals surface area (Å²) in [6.07, 6.45) is 0.155. The van der Waals surface area contributed by atoms with Gasteiger partial charge in [-0.1, -0.05) is 12.1 Å². The molecule has 106 valence electrons. The normalized spacial score (nSPS) is 10.8. The lowest BCUT2D eigenvalue weighted by Gasteiger charge is -2.05. The van der Waals surface area contributed by atoms with E-state index in [4.69, 9.17) is 0 Å². The standard InChI is InChI=1S/C17H15FN2O/c1-11-7-13-10-15(5-6-16(13)19-11)20-17(21)9-12-3-2-4-14(18)8-12/h2-8,10,19H,9H2,1H3,(H,20,21). The highest BCUT2D eigenvalue weighted by molar-refractivity contribution is 5.95. The summed E-state index contributed by atoms with van der Waals surface area (Å²) in [7, 11) is 0. The first-order valence-corrected chi connectivity index (χ1v) is 6.74. The molecule has 3 aromatic rings. The van der Waals surface area contributed by atoms with Gasteiger partial charge in [-0.25, -0.2) is 4.39 Å². The fourth-order valence-corrected chi connectivity index (χ4v) is 2.39. The molecule has 2 aromatic carbocycles. The summed E-state index contributed by atoms with van der Waals surface area (Å²) >= 11 is 0. The van der Waals surface area contributed by atoms with Gasteiger partial charge in [0, 0.05) is 22.3 Å². The maximum Gasteiger partial charge on any atom is 0.228 e. The van der Waals surface area contributed by atoms with Crippen LogP contribution in [0.4, 0.5) is 10.1 Å². The van der Waals surface area contributed by atoms with Crippen molar-refractivity contribution in [2.75, 3.05) is 5.32 Å². The monoisotopic (exact) mass is 282 g/mol. The highest BCUT2D eigenvalue weighted by Gasteiger charge is 2.06. The zero-order chi connectivity index (χ0) is 14.8. The smallest absolute Gasteiger partial charge is 0.228 e.